The molecular formula is C26H30N4O2. The minimum atomic E-state index is -0.408. The Morgan fingerprint density at radius 1 is 1.22 bits per heavy atom. The number of esters is 1. The zero-order valence-electron chi connectivity index (χ0n) is 19.4. The first-order valence-corrected chi connectivity index (χ1v) is 10.9. The second kappa shape index (κ2) is 10.1. The molecule has 0 saturated heterocycles. The predicted octanol–water partition coefficient (Wildman–Crippen LogP) is 6.13. The molecule has 0 atom stereocenters. The highest BCUT2D eigenvalue weighted by molar-refractivity contribution is 5.90. The third kappa shape index (κ3) is 5.36. The maximum atomic E-state index is 12.4. The summed E-state index contributed by atoms with van der Waals surface area (Å²) in [5.41, 5.74) is 5.29. The summed E-state index contributed by atoms with van der Waals surface area (Å²) in [7, 11) is 0. The summed E-state index contributed by atoms with van der Waals surface area (Å²) in [6.45, 7) is 10.6. The van der Waals surface area contributed by atoms with Gasteiger partial charge in [-0.15, -0.1) is 0 Å². The van der Waals surface area contributed by atoms with E-state index >= 15 is 0 Å². The smallest absolute Gasteiger partial charge is 0.341 e. The Morgan fingerprint density at radius 2 is 2.00 bits per heavy atom. The van der Waals surface area contributed by atoms with E-state index in [9.17, 15) is 10.1 Å². The molecule has 0 aliphatic rings. The summed E-state index contributed by atoms with van der Waals surface area (Å²) in [6, 6.07) is 8.35. The van der Waals surface area contributed by atoms with Gasteiger partial charge in [0.25, 0.3) is 0 Å². The van der Waals surface area contributed by atoms with E-state index in [1.54, 1.807) is 10.9 Å². The van der Waals surface area contributed by atoms with Gasteiger partial charge < -0.3 is 9.30 Å². The van der Waals surface area contributed by atoms with Crippen molar-refractivity contribution in [3.8, 4) is 11.8 Å². The predicted molar refractivity (Wildman–Crippen MR) is 127 cm³/mol. The Morgan fingerprint density at radius 3 is 2.69 bits per heavy atom. The van der Waals surface area contributed by atoms with Gasteiger partial charge in [-0.3, -0.25) is 0 Å². The van der Waals surface area contributed by atoms with Gasteiger partial charge in [0, 0.05) is 29.3 Å². The Balaban J connectivity index is 1.70. The van der Waals surface area contributed by atoms with Gasteiger partial charge in [0.15, 0.2) is 0 Å². The second-order valence-corrected chi connectivity index (χ2v) is 8.50. The van der Waals surface area contributed by atoms with Gasteiger partial charge >= 0.3 is 5.97 Å². The lowest BCUT2D eigenvalue weighted by molar-refractivity contribution is 0.0549. The number of carbonyl (C=O) groups is 1. The van der Waals surface area contributed by atoms with E-state index in [0.717, 1.165) is 29.4 Å². The van der Waals surface area contributed by atoms with Crippen LogP contribution in [0, 0.1) is 11.3 Å². The lowest BCUT2D eigenvalue weighted by Gasteiger charge is -2.09. The maximum absolute atomic E-state index is 12.4. The van der Waals surface area contributed by atoms with Crippen molar-refractivity contribution < 1.29 is 9.53 Å². The van der Waals surface area contributed by atoms with E-state index < -0.39 is 5.97 Å². The molecule has 0 aliphatic heterocycles. The van der Waals surface area contributed by atoms with E-state index in [2.05, 4.69) is 49.5 Å². The number of hydrogen-bond donors (Lipinski definition) is 0. The molecule has 0 radical (unpaired) electrons. The van der Waals surface area contributed by atoms with Gasteiger partial charge in [0.2, 0.25) is 0 Å². The number of carbonyl (C=O) groups excluding carboxylic acids is 1. The average molecular weight is 431 g/mol. The highest BCUT2D eigenvalue weighted by atomic mass is 16.5. The number of fused-ring (bicyclic) bond motifs is 1. The van der Waals surface area contributed by atoms with Crippen LogP contribution >= 0.6 is 0 Å². The van der Waals surface area contributed by atoms with Gasteiger partial charge in [-0.1, -0.05) is 17.2 Å². The Hall–Kier alpha value is -3.59. The summed E-state index contributed by atoms with van der Waals surface area (Å²) < 4.78 is 9.09. The van der Waals surface area contributed by atoms with Gasteiger partial charge in [-0.25, -0.2) is 9.48 Å². The van der Waals surface area contributed by atoms with E-state index in [0.29, 0.717) is 11.1 Å². The standard InChI is InChI=1S/C26H30N4O2/c1-18(2)7-6-8-20(5)11-12-32-26(31)22-15-28-30(17-22)23-9-10-25-24(13-23)21(14-27)16-29(25)19(3)4/h7,9-11,13,15-17,19H,6,8,12H2,1-5H3. The SMILES string of the molecule is CC(C)=CCCC(C)=CCOC(=O)c1cnn(-c2ccc3c(c2)c(C#N)cn3C(C)C)c1. The number of aromatic nitrogens is 3. The number of hydrogen-bond acceptors (Lipinski definition) is 4. The minimum absolute atomic E-state index is 0.241. The highest BCUT2D eigenvalue weighted by Crippen LogP contribution is 2.26. The van der Waals surface area contributed by atoms with Crippen LogP contribution < -0.4 is 0 Å². The molecule has 0 unspecified atom stereocenters. The molecule has 0 amide bonds. The molecule has 0 aliphatic carbocycles. The molecule has 3 aromatic rings. The fraction of sp³-hybridized carbons (Fsp3) is 0.346. The summed E-state index contributed by atoms with van der Waals surface area (Å²) in [5, 5.41) is 14.7. The average Bonchev–Trinajstić information content (AvgIpc) is 3.38. The van der Waals surface area contributed by atoms with Crippen molar-refractivity contribution in [1.82, 2.24) is 14.3 Å². The van der Waals surface area contributed by atoms with Gasteiger partial charge in [-0.05, 0) is 71.7 Å². The molecule has 3 rings (SSSR count). The molecule has 0 spiro atoms. The van der Waals surface area contributed by atoms with E-state index in [1.165, 1.54) is 17.3 Å². The largest absolute Gasteiger partial charge is 0.458 e. The normalized spacial score (nSPS) is 11.6. The molecule has 0 fully saturated rings. The molecule has 166 valence electrons. The first kappa shape index (κ1) is 23.1. The van der Waals surface area contributed by atoms with Crippen LogP contribution in [0.1, 0.15) is 69.4 Å². The number of allylic oxidation sites excluding steroid dienone is 3. The lowest BCUT2D eigenvalue weighted by atomic mass is 10.1. The number of benzene rings is 1. The van der Waals surface area contributed by atoms with Crippen molar-refractivity contribution in [1.29, 1.82) is 5.26 Å². The maximum Gasteiger partial charge on any atom is 0.341 e. The number of nitrogens with zero attached hydrogens (tertiary/aromatic N) is 4. The van der Waals surface area contributed by atoms with Crippen LogP contribution in [-0.2, 0) is 4.74 Å². The van der Waals surface area contributed by atoms with Gasteiger partial charge in [0.1, 0.15) is 12.7 Å². The zero-order valence-corrected chi connectivity index (χ0v) is 19.4. The van der Waals surface area contributed by atoms with Crippen LogP contribution in [0.2, 0.25) is 0 Å². The lowest BCUT2D eigenvalue weighted by Crippen LogP contribution is -2.04. The Kier molecular flexibility index (Phi) is 7.32. The summed E-state index contributed by atoms with van der Waals surface area (Å²) in [6.07, 6.45) is 11.1. The van der Waals surface area contributed by atoms with E-state index in [1.807, 2.05) is 37.4 Å². The Bertz CT molecular complexity index is 1210. The topological polar surface area (TPSA) is 72.8 Å². The van der Waals surface area contributed by atoms with Crippen molar-refractivity contribution in [2.24, 2.45) is 0 Å². The number of nitriles is 1. The number of ether oxygens (including phenoxy) is 1. The zero-order chi connectivity index (χ0) is 23.3. The van der Waals surface area contributed by atoms with E-state index in [4.69, 9.17) is 4.74 Å². The summed E-state index contributed by atoms with van der Waals surface area (Å²) in [5.74, 6) is -0.408. The molecule has 6 nitrogen and oxygen atoms in total. The molecule has 2 aromatic heterocycles. The van der Waals surface area contributed by atoms with Crippen molar-refractivity contribution in [2.45, 2.75) is 53.5 Å². The third-order valence-electron chi connectivity index (χ3n) is 5.31. The molecule has 1 aromatic carbocycles. The Labute approximate surface area is 189 Å². The minimum Gasteiger partial charge on any atom is -0.458 e. The summed E-state index contributed by atoms with van der Waals surface area (Å²) >= 11 is 0. The van der Waals surface area contributed by atoms with Crippen LogP contribution in [0.15, 0.2) is 60.1 Å². The molecule has 2 heterocycles. The quantitative estimate of drug-likeness (QED) is 0.318. The molecular weight excluding hydrogens is 400 g/mol. The fourth-order valence-electron chi connectivity index (χ4n) is 3.50. The first-order valence-electron chi connectivity index (χ1n) is 10.9. The van der Waals surface area contributed by atoms with Crippen molar-refractivity contribution in [3.63, 3.8) is 0 Å². The van der Waals surface area contributed by atoms with Crippen LogP contribution in [0.5, 0.6) is 0 Å². The van der Waals surface area contributed by atoms with Crippen molar-refractivity contribution >= 4 is 16.9 Å². The second-order valence-electron chi connectivity index (χ2n) is 8.50. The molecule has 32 heavy (non-hydrogen) atoms. The van der Waals surface area contributed by atoms with Crippen molar-refractivity contribution in [3.05, 3.63) is 71.2 Å². The van der Waals surface area contributed by atoms with Gasteiger partial charge in [0.05, 0.1) is 23.0 Å². The van der Waals surface area contributed by atoms with Crippen LogP contribution in [0.25, 0.3) is 16.6 Å². The monoisotopic (exact) mass is 430 g/mol. The first-order chi connectivity index (χ1) is 15.3. The van der Waals surface area contributed by atoms with Crippen molar-refractivity contribution in [2.75, 3.05) is 6.61 Å². The third-order valence-corrected chi connectivity index (χ3v) is 5.31. The fourth-order valence-corrected chi connectivity index (χ4v) is 3.50. The van der Waals surface area contributed by atoms with E-state index in [-0.39, 0.29) is 12.6 Å². The highest BCUT2D eigenvalue weighted by Gasteiger charge is 2.14. The molecule has 0 saturated carbocycles. The number of rotatable bonds is 8. The van der Waals surface area contributed by atoms with Crippen LogP contribution in [-0.4, -0.2) is 26.9 Å². The van der Waals surface area contributed by atoms with Crippen LogP contribution in [0.3, 0.4) is 0 Å². The molecule has 6 heteroatoms. The van der Waals surface area contributed by atoms with Gasteiger partial charge in [-0.2, -0.15) is 10.4 Å². The molecule has 0 N–H and O–H groups in total. The van der Waals surface area contributed by atoms with Crippen LogP contribution in [0.4, 0.5) is 0 Å². The molecule has 0 bridgehead atoms. The summed E-state index contributed by atoms with van der Waals surface area (Å²) in [4.78, 5) is 12.4.